The molecule has 2 N–H and O–H groups in total. The third-order valence-corrected chi connectivity index (χ3v) is 3.49. The van der Waals surface area contributed by atoms with E-state index in [1.165, 1.54) is 0 Å². The molecular formula is C15H21NO3. The zero-order chi connectivity index (χ0) is 13.9. The molecule has 0 unspecified atom stereocenters. The standard InChI is InChI=1S/C15H21NO3/c1-3-19-13-8-4-11(5-9-13)14(17)16-10-15(2,18)12-6-7-12/h4-5,8-9,12,18H,3,6-7,10H2,1-2H3,(H,16,17)/t15-/m1/s1. The van der Waals surface area contributed by atoms with Gasteiger partial charge in [-0.3, -0.25) is 4.79 Å². The minimum absolute atomic E-state index is 0.163. The lowest BCUT2D eigenvalue weighted by Gasteiger charge is -2.23. The predicted octanol–water partition coefficient (Wildman–Crippen LogP) is 1.98. The highest BCUT2D eigenvalue weighted by molar-refractivity contribution is 5.94. The molecule has 1 aliphatic rings. The highest BCUT2D eigenvalue weighted by atomic mass is 16.5. The maximum absolute atomic E-state index is 11.9. The molecule has 1 fully saturated rings. The maximum atomic E-state index is 11.9. The molecule has 1 atom stereocenters. The SMILES string of the molecule is CCOc1ccc(C(=O)NC[C@@](C)(O)C2CC2)cc1. The van der Waals surface area contributed by atoms with Crippen molar-refractivity contribution in [3.8, 4) is 5.75 Å². The van der Waals surface area contributed by atoms with Gasteiger partial charge in [-0.1, -0.05) is 0 Å². The van der Waals surface area contributed by atoms with Crippen LogP contribution in [0.15, 0.2) is 24.3 Å². The summed E-state index contributed by atoms with van der Waals surface area (Å²) in [5, 5.41) is 12.9. The lowest BCUT2D eigenvalue weighted by atomic mass is 10.0. The number of hydrogen-bond donors (Lipinski definition) is 2. The molecule has 4 heteroatoms. The van der Waals surface area contributed by atoms with Gasteiger partial charge in [0.25, 0.3) is 5.91 Å². The number of aliphatic hydroxyl groups is 1. The monoisotopic (exact) mass is 263 g/mol. The molecule has 0 bridgehead atoms. The van der Waals surface area contributed by atoms with Crippen molar-refractivity contribution in [2.45, 2.75) is 32.3 Å². The summed E-state index contributed by atoms with van der Waals surface area (Å²) in [6.07, 6.45) is 2.10. The molecule has 4 nitrogen and oxygen atoms in total. The van der Waals surface area contributed by atoms with Crippen molar-refractivity contribution >= 4 is 5.91 Å². The van der Waals surface area contributed by atoms with Crippen LogP contribution in [-0.2, 0) is 0 Å². The Morgan fingerprint density at radius 2 is 2.05 bits per heavy atom. The smallest absolute Gasteiger partial charge is 0.251 e. The van der Waals surface area contributed by atoms with Crippen LogP contribution in [0.1, 0.15) is 37.0 Å². The Bertz CT molecular complexity index is 435. The van der Waals surface area contributed by atoms with Gasteiger partial charge in [-0.25, -0.2) is 0 Å². The van der Waals surface area contributed by atoms with Crippen LogP contribution in [0.2, 0.25) is 0 Å². The van der Waals surface area contributed by atoms with E-state index < -0.39 is 5.60 Å². The van der Waals surface area contributed by atoms with Gasteiger partial charge >= 0.3 is 0 Å². The third kappa shape index (κ3) is 3.70. The molecule has 2 rings (SSSR count). The summed E-state index contributed by atoms with van der Waals surface area (Å²) in [6.45, 7) is 4.60. The van der Waals surface area contributed by atoms with Crippen molar-refractivity contribution in [1.82, 2.24) is 5.32 Å². The zero-order valence-corrected chi connectivity index (χ0v) is 11.5. The summed E-state index contributed by atoms with van der Waals surface area (Å²) in [6, 6.07) is 7.01. The third-order valence-electron chi connectivity index (χ3n) is 3.49. The fraction of sp³-hybridized carbons (Fsp3) is 0.533. The van der Waals surface area contributed by atoms with Gasteiger partial charge < -0.3 is 15.2 Å². The molecule has 1 aromatic carbocycles. The molecular weight excluding hydrogens is 242 g/mol. The first kappa shape index (κ1) is 13.9. The molecule has 0 spiro atoms. The lowest BCUT2D eigenvalue weighted by molar-refractivity contribution is 0.0354. The quantitative estimate of drug-likeness (QED) is 0.825. The van der Waals surface area contributed by atoms with Gasteiger partial charge in [-0.05, 0) is 56.9 Å². The molecule has 1 saturated carbocycles. The van der Waals surface area contributed by atoms with E-state index >= 15 is 0 Å². The van der Waals surface area contributed by atoms with Crippen LogP contribution < -0.4 is 10.1 Å². The number of hydrogen-bond acceptors (Lipinski definition) is 3. The van der Waals surface area contributed by atoms with Crippen molar-refractivity contribution in [2.24, 2.45) is 5.92 Å². The van der Waals surface area contributed by atoms with Crippen molar-refractivity contribution in [2.75, 3.05) is 13.2 Å². The van der Waals surface area contributed by atoms with Crippen LogP contribution in [0.4, 0.5) is 0 Å². The van der Waals surface area contributed by atoms with Crippen molar-refractivity contribution < 1.29 is 14.6 Å². The first-order chi connectivity index (χ1) is 9.03. The fourth-order valence-corrected chi connectivity index (χ4v) is 2.08. The van der Waals surface area contributed by atoms with Crippen molar-refractivity contribution in [1.29, 1.82) is 0 Å². The highest BCUT2D eigenvalue weighted by Crippen LogP contribution is 2.39. The van der Waals surface area contributed by atoms with E-state index in [4.69, 9.17) is 4.74 Å². The maximum Gasteiger partial charge on any atom is 0.251 e. The van der Waals surface area contributed by atoms with E-state index in [0.717, 1.165) is 18.6 Å². The number of benzene rings is 1. The van der Waals surface area contributed by atoms with Gasteiger partial charge in [0, 0.05) is 12.1 Å². The summed E-state index contributed by atoms with van der Waals surface area (Å²) in [4.78, 5) is 11.9. The van der Waals surface area contributed by atoms with Crippen LogP contribution in [0.5, 0.6) is 5.75 Å². The molecule has 0 radical (unpaired) electrons. The molecule has 0 heterocycles. The molecule has 1 amide bonds. The summed E-state index contributed by atoms with van der Waals surface area (Å²) < 4.78 is 5.32. The Balaban J connectivity index is 1.88. The Morgan fingerprint density at radius 3 is 2.58 bits per heavy atom. The fourth-order valence-electron chi connectivity index (χ4n) is 2.08. The second-order valence-corrected chi connectivity index (χ2v) is 5.27. The van der Waals surface area contributed by atoms with Crippen LogP contribution in [0.25, 0.3) is 0 Å². The Morgan fingerprint density at radius 1 is 1.42 bits per heavy atom. The number of rotatable bonds is 6. The minimum atomic E-state index is -0.791. The topological polar surface area (TPSA) is 58.6 Å². The molecule has 104 valence electrons. The van der Waals surface area contributed by atoms with Crippen LogP contribution in [-0.4, -0.2) is 29.8 Å². The molecule has 1 aromatic rings. The van der Waals surface area contributed by atoms with E-state index in [0.29, 0.717) is 24.6 Å². The predicted molar refractivity (Wildman–Crippen MR) is 73.3 cm³/mol. The summed E-state index contributed by atoms with van der Waals surface area (Å²) in [5.74, 6) is 0.918. The lowest BCUT2D eigenvalue weighted by Crippen LogP contribution is -2.42. The average Bonchev–Trinajstić information content (AvgIpc) is 3.22. The average molecular weight is 263 g/mol. The van der Waals surface area contributed by atoms with E-state index in [-0.39, 0.29) is 5.91 Å². The second-order valence-electron chi connectivity index (χ2n) is 5.27. The molecule has 1 aliphatic carbocycles. The number of amides is 1. The summed E-state index contributed by atoms with van der Waals surface area (Å²) in [7, 11) is 0. The van der Waals surface area contributed by atoms with E-state index in [9.17, 15) is 9.90 Å². The van der Waals surface area contributed by atoms with Gasteiger partial charge in [-0.2, -0.15) is 0 Å². The van der Waals surface area contributed by atoms with E-state index in [1.807, 2.05) is 6.92 Å². The van der Waals surface area contributed by atoms with Gasteiger partial charge in [0.05, 0.1) is 12.2 Å². The summed E-state index contributed by atoms with van der Waals surface area (Å²) in [5.41, 5.74) is -0.212. The second kappa shape index (κ2) is 5.61. The van der Waals surface area contributed by atoms with Gasteiger partial charge in [0.1, 0.15) is 5.75 Å². The summed E-state index contributed by atoms with van der Waals surface area (Å²) >= 11 is 0. The highest BCUT2D eigenvalue weighted by Gasteiger charge is 2.39. The molecule has 0 aliphatic heterocycles. The van der Waals surface area contributed by atoms with Crippen molar-refractivity contribution in [3.05, 3.63) is 29.8 Å². The Labute approximate surface area is 113 Å². The van der Waals surface area contributed by atoms with E-state index in [1.54, 1.807) is 31.2 Å². The van der Waals surface area contributed by atoms with Gasteiger partial charge in [0.2, 0.25) is 0 Å². The Kier molecular flexibility index (Phi) is 4.10. The van der Waals surface area contributed by atoms with Crippen LogP contribution in [0.3, 0.4) is 0 Å². The number of carbonyl (C=O) groups is 1. The first-order valence-electron chi connectivity index (χ1n) is 6.76. The zero-order valence-electron chi connectivity index (χ0n) is 11.5. The molecule has 19 heavy (non-hydrogen) atoms. The molecule has 0 aromatic heterocycles. The van der Waals surface area contributed by atoms with Crippen LogP contribution >= 0.6 is 0 Å². The van der Waals surface area contributed by atoms with Crippen molar-refractivity contribution in [3.63, 3.8) is 0 Å². The normalized spacial score (nSPS) is 17.6. The number of nitrogens with one attached hydrogen (secondary N) is 1. The Hall–Kier alpha value is -1.55. The van der Waals surface area contributed by atoms with Crippen LogP contribution in [0, 0.1) is 5.92 Å². The number of ether oxygens (including phenoxy) is 1. The largest absolute Gasteiger partial charge is 0.494 e. The van der Waals surface area contributed by atoms with Gasteiger partial charge in [-0.15, -0.1) is 0 Å². The molecule has 0 saturated heterocycles. The first-order valence-corrected chi connectivity index (χ1v) is 6.76. The minimum Gasteiger partial charge on any atom is -0.494 e. The van der Waals surface area contributed by atoms with E-state index in [2.05, 4.69) is 5.32 Å². The van der Waals surface area contributed by atoms with Gasteiger partial charge in [0.15, 0.2) is 0 Å². The number of carbonyl (C=O) groups excluding carboxylic acids is 1.